The van der Waals surface area contributed by atoms with E-state index in [4.69, 9.17) is 4.74 Å². The van der Waals surface area contributed by atoms with Gasteiger partial charge in [-0.15, -0.1) is 5.10 Å². The molecule has 1 aromatic carbocycles. The number of aryl methyl sites for hydroxylation is 1. The molecule has 0 amide bonds. The van der Waals surface area contributed by atoms with Crippen LogP contribution in [0, 0.1) is 6.92 Å². The molecule has 7 nitrogen and oxygen atoms in total. The van der Waals surface area contributed by atoms with Gasteiger partial charge < -0.3 is 4.74 Å². The predicted molar refractivity (Wildman–Crippen MR) is 78.4 cm³/mol. The molecule has 0 N–H and O–H groups in total. The monoisotopic (exact) mass is 295 g/mol. The first kappa shape index (κ1) is 12.8. The number of ether oxygens (including phenoxy) is 1. The van der Waals surface area contributed by atoms with Crippen LogP contribution in [0.25, 0.3) is 16.9 Å². The summed E-state index contributed by atoms with van der Waals surface area (Å²) in [4.78, 5) is 15.4. The van der Waals surface area contributed by atoms with Gasteiger partial charge in [0.1, 0.15) is 17.8 Å². The molecule has 1 aliphatic heterocycles. The van der Waals surface area contributed by atoms with Crippen molar-refractivity contribution in [1.82, 2.24) is 24.5 Å². The highest BCUT2D eigenvalue weighted by Gasteiger charge is 2.25. The summed E-state index contributed by atoms with van der Waals surface area (Å²) < 4.78 is 9.05. The maximum Gasteiger partial charge on any atom is 0.170 e. The topological polar surface area (TPSA) is 74.8 Å². The van der Waals surface area contributed by atoms with Crippen LogP contribution in [0.2, 0.25) is 0 Å². The summed E-state index contributed by atoms with van der Waals surface area (Å²) in [5, 5.41) is 8.35. The summed E-state index contributed by atoms with van der Waals surface area (Å²) in [6.45, 7) is 2.36. The Hall–Kier alpha value is -2.96. The second-order valence-electron chi connectivity index (χ2n) is 5.13. The standard InChI is InChI=1S/C15H13N5O2/c1-9-15-11-5-10(22-2)3-4-13(11)19-8-16-12(7-21)14(19)6-20(15)18-17-9/h3-5,7-8H,6H2,1-2H3. The van der Waals surface area contributed by atoms with Crippen molar-refractivity contribution < 1.29 is 9.53 Å². The van der Waals surface area contributed by atoms with Gasteiger partial charge in [0.25, 0.3) is 0 Å². The molecule has 4 rings (SSSR count). The Balaban J connectivity index is 2.10. The van der Waals surface area contributed by atoms with E-state index in [2.05, 4.69) is 15.3 Å². The number of fused-ring (bicyclic) bond motifs is 5. The highest BCUT2D eigenvalue weighted by molar-refractivity contribution is 5.78. The molecule has 3 aromatic rings. The summed E-state index contributed by atoms with van der Waals surface area (Å²) in [6.07, 6.45) is 2.43. The Morgan fingerprint density at radius 2 is 2.23 bits per heavy atom. The number of imidazole rings is 1. The van der Waals surface area contributed by atoms with Gasteiger partial charge in [-0.3, -0.25) is 9.36 Å². The zero-order valence-electron chi connectivity index (χ0n) is 12.1. The van der Waals surface area contributed by atoms with Crippen LogP contribution < -0.4 is 4.74 Å². The number of hydrogen-bond acceptors (Lipinski definition) is 5. The molecule has 0 unspecified atom stereocenters. The summed E-state index contributed by atoms with van der Waals surface area (Å²) in [5.41, 5.74) is 4.86. The van der Waals surface area contributed by atoms with E-state index in [1.54, 1.807) is 18.1 Å². The van der Waals surface area contributed by atoms with Gasteiger partial charge >= 0.3 is 0 Å². The predicted octanol–water partition coefficient (Wildman–Crippen LogP) is 1.62. The average Bonchev–Trinajstić information content (AvgIpc) is 3.07. The Labute approximate surface area is 126 Å². The maximum atomic E-state index is 11.2. The van der Waals surface area contributed by atoms with Gasteiger partial charge in [-0.1, -0.05) is 5.21 Å². The van der Waals surface area contributed by atoms with Crippen molar-refractivity contribution in [3.05, 3.63) is 41.6 Å². The molecule has 110 valence electrons. The van der Waals surface area contributed by atoms with E-state index >= 15 is 0 Å². The molecule has 0 bridgehead atoms. The van der Waals surface area contributed by atoms with Gasteiger partial charge in [0.15, 0.2) is 6.29 Å². The van der Waals surface area contributed by atoms with Crippen LogP contribution in [-0.4, -0.2) is 37.9 Å². The van der Waals surface area contributed by atoms with Crippen LogP contribution in [0.3, 0.4) is 0 Å². The quantitative estimate of drug-likeness (QED) is 0.525. The van der Waals surface area contributed by atoms with Gasteiger partial charge in [0.2, 0.25) is 0 Å². The summed E-state index contributed by atoms with van der Waals surface area (Å²) in [7, 11) is 1.63. The van der Waals surface area contributed by atoms with Crippen molar-refractivity contribution in [2.75, 3.05) is 7.11 Å². The number of benzene rings is 1. The zero-order chi connectivity index (χ0) is 15.3. The fraction of sp³-hybridized carbons (Fsp3) is 0.200. The molecular weight excluding hydrogens is 282 g/mol. The van der Waals surface area contributed by atoms with E-state index in [9.17, 15) is 4.79 Å². The lowest BCUT2D eigenvalue weighted by molar-refractivity contribution is 0.111. The maximum absolute atomic E-state index is 11.2. The molecular formula is C15H13N5O2. The second kappa shape index (κ2) is 4.52. The minimum atomic E-state index is 0.419. The molecule has 0 radical (unpaired) electrons. The molecule has 7 heteroatoms. The lowest BCUT2D eigenvalue weighted by Gasteiger charge is -2.11. The Morgan fingerprint density at radius 3 is 3.00 bits per heavy atom. The van der Waals surface area contributed by atoms with Crippen molar-refractivity contribution in [3.63, 3.8) is 0 Å². The lowest BCUT2D eigenvalue weighted by atomic mass is 10.1. The molecule has 0 atom stereocenters. The van der Waals surface area contributed by atoms with Crippen LogP contribution in [0.15, 0.2) is 24.5 Å². The third-order valence-electron chi connectivity index (χ3n) is 3.93. The third-order valence-corrected chi connectivity index (χ3v) is 3.93. The molecule has 0 fully saturated rings. The molecule has 2 aromatic heterocycles. The molecule has 22 heavy (non-hydrogen) atoms. The third kappa shape index (κ3) is 1.62. The summed E-state index contributed by atoms with van der Waals surface area (Å²) in [6, 6.07) is 5.79. The molecule has 0 spiro atoms. The van der Waals surface area contributed by atoms with Crippen molar-refractivity contribution in [1.29, 1.82) is 0 Å². The number of aldehydes is 1. The first-order chi connectivity index (χ1) is 10.7. The highest BCUT2D eigenvalue weighted by atomic mass is 16.5. The van der Waals surface area contributed by atoms with Gasteiger partial charge in [0.05, 0.1) is 36.4 Å². The van der Waals surface area contributed by atoms with Crippen molar-refractivity contribution >= 4 is 6.29 Å². The van der Waals surface area contributed by atoms with Crippen LogP contribution in [-0.2, 0) is 6.54 Å². The number of hydrogen-bond donors (Lipinski definition) is 0. The van der Waals surface area contributed by atoms with Crippen molar-refractivity contribution in [3.8, 4) is 22.7 Å². The van der Waals surface area contributed by atoms with Crippen LogP contribution in [0.5, 0.6) is 5.75 Å². The Morgan fingerprint density at radius 1 is 1.36 bits per heavy atom. The fourth-order valence-corrected chi connectivity index (χ4v) is 2.88. The van der Waals surface area contributed by atoms with E-state index < -0.39 is 0 Å². The SMILES string of the molecule is COc1ccc2c(c1)-c1c(C)nnn1Cc1c(C=O)ncn1-2. The minimum absolute atomic E-state index is 0.419. The Kier molecular flexibility index (Phi) is 2.62. The van der Waals surface area contributed by atoms with Crippen molar-refractivity contribution in [2.45, 2.75) is 13.5 Å². The van der Waals surface area contributed by atoms with E-state index in [0.29, 0.717) is 12.2 Å². The highest BCUT2D eigenvalue weighted by Crippen LogP contribution is 2.35. The lowest BCUT2D eigenvalue weighted by Crippen LogP contribution is -2.06. The van der Waals surface area contributed by atoms with Crippen molar-refractivity contribution in [2.24, 2.45) is 0 Å². The average molecular weight is 295 g/mol. The van der Waals surface area contributed by atoms with Crippen LogP contribution >= 0.6 is 0 Å². The molecule has 3 heterocycles. The second-order valence-corrected chi connectivity index (χ2v) is 5.13. The normalized spacial score (nSPS) is 12.1. The number of carbonyl (C=O) groups excluding carboxylic acids is 1. The van der Waals surface area contributed by atoms with Gasteiger partial charge in [-0.05, 0) is 25.1 Å². The van der Waals surface area contributed by atoms with Gasteiger partial charge in [-0.2, -0.15) is 0 Å². The smallest absolute Gasteiger partial charge is 0.170 e. The largest absolute Gasteiger partial charge is 0.497 e. The summed E-state index contributed by atoms with van der Waals surface area (Å²) in [5.74, 6) is 0.755. The number of methoxy groups -OCH3 is 1. The van der Waals surface area contributed by atoms with Gasteiger partial charge in [-0.25, -0.2) is 9.67 Å². The fourth-order valence-electron chi connectivity index (χ4n) is 2.88. The van der Waals surface area contributed by atoms with Gasteiger partial charge in [0, 0.05) is 5.56 Å². The van der Waals surface area contributed by atoms with E-state index in [-0.39, 0.29) is 0 Å². The number of aromatic nitrogens is 5. The van der Waals surface area contributed by atoms with Crippen LogP contribution in [0.1, 0.15) is 21.9 Å². The first-order valence-corrected chi connectivity index (χ1v) is 6.83. The number of nitrogens with zero attached hydrogens (tertiary/aromatic N) is 5. The van der Waals surface area contributed by atoms with Crippen LogP contribution in [0.4, 0.5) is 0 Å². The molecule has 0 saturated carbocycles. The molecule has 0 saturated heterocycles. The number of carbonyl (C=O) groups is 1. The zero-order valence-corrected chi connectivity index (χ0v) is 12.1. The van der Waals surface area contributed by atoms with E-state index in [1.165, 1.54) is 0 Å². The van der Waals surface area contributed by atoms with E-state index in [0.717, 1.165) is 40.4 Å². The molecule has 0 aliphatic carbocycles. The Bertz CT molecular complexity index is 893. The number of rotatable bonds is 2. The van der Waals surface area contributed by atoms with E-state index in [1.807, 2.05) is 29.7 Å². The minimum Gasteiger partial charge on any atom is -0.497 e. The molecule has 1 aliphatic rings. The summed E-state index contributed by atoms with van der Waals surface area (Å²) >= 11 is 0. The first-order valence-electron chi connectivity index (χ1n) is 6.83.